The topological polar surface area (TPSA) is 57.2 Å². The first-order chi connectivity index (χ1) is 12.1. The molecule has 6 heteroatoms. The van der Waals surface area contributed by atoms with E-state index in [-0.39, 0.29) is 5.91 Å². The van der Waals surface area contributed by atoms with Crippen LogP contribution in [0, 0.1) is 0 Å². The van der Waals surface area contributed by atoms with Gasteiger partial charge in [-0.3, -0.25) is 9.79 Å². The average molecular weight is 346 g/mol. The highest BCUT2D eigenvalue weighted by molar-refractivity contribution is 5.86. The van der Waals surface area contributed by atoms with Gasteiger partial charge in [0.15, 0.2) is 5.96 Å². The van der Waals surface area contributed by atoms with E-state index in [0.29, 0.717) is 19.7 Å². The highest BCUT2D eigenvalue weighted by Gasteiger charge is 2.17. The number of hydrogen-bond acceptors (Lipinski definition) is 3. The number of ether oxygens (including phenoxy) is 1. The number of carbonyl (C=O) groups is 1. The molecule has 0 atom stereocenters. The molecular formula is C19H30N4O2. The normalized spacial score (nSPS) is 15.0. The number of rotatable bonds is 6. The highest BCUT2D eigenvalue weighted by Crippen LogP contribution is 2.13. The molecule has 1 aliphatic rings. The molecule has 0 spiro atoms. The molecule has 0 aliphatic carbocycles. The molecule has 0 radical (unpaired) electrons. The predicted octanol–water partition coefficient (Wildman–Crippen LogP) is 2.10. The van der Waals surface area contributed by atoms with E-state index < -0.39 is 0 Å². The number of aliphatic imine (C=N–C) groups is 1. The van der Waals surface area contributed by atoms with E-state index in [9.17, 15) is 4.79 Å². The van der Waals surface area contributed by atoms with Crippen LogP contribution in [-0.4, -0.2) is 62.0 Å². The van der Waals surface area contributed by atoms with E-state index in [1.165, 1.54) is 6.42 Å². The van der Waals surface area contributed by atoms with Gasteiger partial charge in [0, 0.05) is 33.7 Å². The maximum Gasteiger partial charge on any atom is 0.241 e. The summed E-state index contributed by atoms with van der Waals surface area (Å²) < 4.78 is 5.47. The lowest BCUT2D eigenvalue weighted by atomic mass is 10.1. The molecule has 1 fully saturated rings. The minimum atomic E-state index is 0.148. The number of piperidine rings is 1. The molecule has 1 N–H and O–H groups in total. The van der Waals surface area contributed by atoms with Crippen molar-refractivity contribution in [3.63, 3.8) is 0 Å². The van der Waals surface area contributed by atoms with Crippen molar-refractivity contribution >= 4 is 11.9 Å². The zero-order chi connectivity index (χ0) is 18.1. The SMILES string of the molecule is CCOc1ccc(CN(C)C(=NC)NCC(=O)N2CCCCC2)cc1. The molecule has 0 saturated carbocycles. The second-order valence-corrected chi connectivity index (χ2v) is 6.28. The molecule has 1 aliphatic heterocycles. The third-order valence-electron chi connectivity index (χ3n) is 4.33. The average Bonchev–Trinajstić information content (AvgIpc) is 2.64. The van der Waals surface area contributed by atoms with Crippen LogP contribution in [0.4, 0.5) is 0 Å². The van der Waals surface area contributed by atoms with Crippen LogP contribution in [0.25, 0.3) is 0 Å². The lowest BCUT2D eigenvalue weighted by Gasteiger charge is -2.28. The Morgan fingerprint density at radius 3 is 2.52 bits per heavy atom. The van der Waals surface area contributed by atoms with Crippen LogP contribution in [0.1, 0.15) is 31.7 Å². The van der Waals surface area contributed by atoms with Crippen LogP contribution in [0.3, 0.4) is 0 Å². The van der Waals surface area contributed by atoms with Gasteiger partial charge < -0.3 is 19.9 Å². The van der Waals surface area contributed by atoms with Crippen molar-refractivity contribution in [2.24, 2.45) is 4.99 Å². The van der Waals surface area contributed by atoms with Gasteiger partial charge in [-0.1, -0.05) is 12.1 Å². The Hall–Kier alpha value is -2.24. The van der Waals surface area contributed by atoms with Crippen molar-refractivity contribution in [2.45, 2.75) is 32.7 Å². The summed E-state index contributed by atoms with van der Waals surface area (Å²) in [4.78, 5) is 20.5. The van der Waals surface area contributed by atoms with E-state index in [2.05, 4.69) is 10.3 Å². The van der Waals surface area contributed by atoms with Gasteiger partial charge >= 0.3 is 0 Å². The van der Waals surface area contributed by atoms with Crippen LogP contribution in [0.2, 0.25) is 0 Å². The van der Waals surface area contributed by atoms with Crippen LogP contribution >= 0.6 is 0 Å². The van der Waals surface area contributed by atoms with E-state index >= 15 is 0 Å². The molecular weight excluding hydrogens is 316 g/mol. The molecule has 138 valence electrons. The lowest BCUT2D eigenvalue weighted by molar-refractivity contribution is -0.130. The number of nitrogens with one attached hydrogen (secondary N) is 1. The second-order valence-electron chi connectivity index (χ2n) is 6.28. The number of hydrogen-bond donors (Lipinski definition) is 1. The van der Waals surface area contributed by atoms with Gasteiger partial charge in [-0.15, -0.1) is 0 Å². The Balaban J connectivity index is 1.83. The van der Waals surface area contributed by atoms with E-state index in [4.69, 9.17) is 4.74 Å². The maximum absolute atomic E-state index is 12.3. The van der Waals surface area contributed by atoms with Crippen molar-refractivity contribution in [1.82, 2.24) is 15.1 Å². The fourth-order valence-electron chi connectivity index (χ4n) is 3.00. The number of likely N-dealkylation sites (tertiary alicyclic amines) is 1. The number of benzene rings is 1. The van der Waals surface area contributed by atoms with Gasteiger partial charge in [0.1, 0.15) is 5.75 Å². The van der Waals surface area contributed by atoms with E-state index in [0.717, 1.165) is 43.2 Å². The van der Waals surface area contributed by atoms with Gasteiger partial charge in [-0.25, -0.2) is 0 Å². The molecule has 0 bridgehead atoms. The first-order valence-corrected chi connectivity index (χ1v) is 9.05. The zero-order valence-corrected chi connectivity index (χ0v) is 15.6. The number of carbonyl (C=O) groups excluding carboxylic acids is 1. The summed E-state index contributed by atoms with van der Waals surface area (Å²) in [6, 6.07) is 8.05. The van der Waals surface area contributed by atoms with Gasteiger partial charge in [0.25, 0.3) is 0 Å². The fourth-order valence-corrected chi connectivity index (χ4v) is 3.00. The number of nitrogens with zero attached hydrogens (tertiary/aromatic N) is 3. The number of guanidine groups is 1. The summed E-state index contributed by atoms with van der Waals surface area (Å²) in [6.07, 6.45) is 3.44. The monoisotopic (exact) mass is 346 g/mol. The summed E-state index contributed by atoms with van der Waals surface area (Å²) in [5.41, 5.74) is 1.16. The minimum absolute atomic E-state index is 0.148. The largest absolute Gasteiger partial charge is 0.494 e. The Labute approximate surface area is 150 Å². The zero-order valence-electron chi connectivity index (χ0n) is 15.6. The molecule has 25 heavy (non-hydrogen) atoms. The van der Waals surface area contributed by atoms with Crippen LogP contribution in [-0.2, 0) is 11.3 Å². The molecule has 1 aromatic rings. The summed E-state index contributed by atoms with van der Waals surface area (Å²) in [6.45, 7) is 5.40. The second kappa shape index (κ2) is 9.91. The maximum atomic E-state index is 12.3. The third-order valence-corrected chi connectivity index (χ3v) is 4.33. The summed E-state index contributed by atoms with van der Waals surface area (Å²) in [5, 5.41) is 3.18. The van der Waals surface area contributed by atoms with Crippen molar-refractivity contribution in [1.29, 1.82) is 0 Å². The van der Waals surface area contributed by atoms with Crippen molar-refractivity contribution in [3.05, 3.63) is 29.8 Å². The molecule has 1 saturated heterocycles. The molecule has 0 aromatic heterocycles. The Morgan fingerprint density at radius 1 is 1.24 bits per heavy atom. The van der Waals surface area contributed by atoms with E-state index in [1.54, 1.807) is 7.05 Å². The highest BCUT2D eigenvalue weighted by atomic mass is 16.5. The lowest BCUT2D eigenvalue weighted by Crippen LogP contribution is -2.46. The Bertz CT molecular complexity index is 565. The van der Waals surface area contributed by atoms with Crippen LogP contribution in [0.15, 0.2) is 29.3 Å². The van der Waals surface area contributed by atoms with Gasteiger partial charge in [0.2, 0.25) is 5.91 Å². The summed E-state index contributed by atoms with van der Waals surface area (Å²) >= 11 is 0. The smallest absolute Gasteiger partial charge is 0.241 e. The molecule has 1 heterocycles. The Morgan fingerprint density at radius 2 is 1.92 bits per heavy atom. The van der Waals surface area contributed by atoms with Crippen molar-refractivity contribution in [2.75, 3.05) is 40.3 Å². The molecule has 1 amide bonds. The molecule has 1 aromatic carbocycles. The third kappa shape index (κ3) is 5.96. The minimum Gasteiger partial charge on any atom is -0.494 e. The first-order valence-electron chi connectivity index (χ1n) is 9.05. The van der Waals surface area contributed by atoms with Crippen LogP contribution in [0.5, 0.6) is 5.75 Å². The van der Waals surface area contributed by atoms with Gasteiger partial charge in [0.05, 0.1) is 13.2 Å². The molecule has 0 unspecified atom stereocenters. The fraction of sp³-hybridized carbons (Fsp3) is 0.579. The predicted molar refractivity (Wildman–Crippen MR) is 101 cm³/mol. The van der Waals surface area contributed by atoms with Crippen molar-refractivity contribution in [3.8, 4) is 5.75 Å². The van der Waals surface area contributed by atoms with Crippen LogP contribution < -0.4 is 10.1 Å². The van der Waals surface area contributed by atoms with Gasteiger partial charge in [-0.05, 0) is 43.9 Å². The van der Waals surface area contributed by atoms with E-state index in [1.807, 2.05) is 48.0 Å². The standard InChI is InChI=1S/C19H30N4O2/c1-4-25-17-10-8-16(9-11-17)15-22(3)19(20-2)21-14-18(24)23-12-6-5-7-13-23/h8-11H,4-7,12-15H2,1-3H3,(H,20,21). The molecule has 6 nitrogen and oxygen atoms in total. The summed E-state index contributed by atoms with van der Waals surface area (Å²) in [7, 11) is 3.71. The summed E-state index contributed by atoms with van der Waals surface area (Å²) in [5.74, 6) is 1.75. The van der Waals surface area contributed by atoms with Gasteiger partial charge in [-0.2, -0.15) is 0 Å². The quantitative estimate of drug-likeness (QED) is 0.633. The Kier molecular flexibility index (Phi) is 7.57. The van der Waals surface area contributed by atoms with Crippen molar-refractivity contribution < 1.29 is 9.53 Å². The molecule has 2 rings (SSSR count). The number of amides is 1. The first kappa shape index (κ1) is 19.1.